The molecule has 0 aromatic heterocycles. The fourth-order valence-corrected chi connectivity index (χ4v) is 0.861. The van der Waals surface area contributed by atoms with Gasteiger partial charge in [-0.25, -0.2) is 0 Å². The Hall–Kier alpha value is -1.02. The maximum Gasteiger partial charge on any atom is 0.0642 e. The van der Waals surface area contributed by atoms with Gasteiger partial charge in [-0.15, -0.1) is 0 Å². The first kappa shape index (κ1) is 7.09. The topological polar surface area (TPSA) is 49.9 Å². The van der Waals surface area contributed by atoms with Gasteiger partial charge in [0.15, 0.2) is 0 Å². The Balaban J connectivity index is 3.27. The summed E-state index contributed by atoms with van der Waals surface area (Å²) in [5.41, 5.74) is 6.64. The SMILES string of the molecule is N=Cc1cccc(Cl)c1N. The first-order valence-corrected chi connectivity index (χ1v) is 3.18. The van der Waals surface area contributed by atoms with E-state index in [0.717, 1.165) is 0 Å². The molecule has 0 atom stereocenters. The Kier molecular flexibility index (Phi) is 1.92. The highest BCUT2D eigenvalue weighted by molar-refractivity contribution is 6.33. The molecule has 0 aliphatic heterocycles. The lowest BCUT2D eigenvalue weighted by atomic mass is 10.2. The van der Waals surface area contributed by atoms with Crippen molar-refractivity contribution in [1.82, 2.24) is 0 Å². The molecule has 2 nitrogen and oxygen atoms in total. The molecule has 3 N–H and O–H groups in total. The molecule has 0 fully saturated rings. The number of rotatable bonds is 1. The fraction of sp³-hybridized carbons (Fsp3) is 0. The number of hydrogen-bond acceptors (Lipinski definition) is 2. The Morgan fingerprint density at radius 2 is 2.20 bits per heavy atom. The predicted molar refractivity (Wildman–Crippen MR) is 43.8 cm³/mol. The quantitative estimate of drug-likeness (QED) is 0.471. The maximum absolute atomic E-state index is 6.92. The number of nitrogen functional groups attached to an aromatic ring is 1. The Morgan fingerprint density at radius 3 is 2.70 bits per heavy atom. The van der Waals surface area contributed by atoms with Crippen LogP contribution in [0.2, 0.25) is 5.02 Å². The van der Waals surface area contributed by atoms with Crippen molar-refractivity contribution in [2.75, 3.05) is 5.73 Å². The highest BCUT2D eigenvalue weighted by atomic mass is 35.5. The van der Waals surface area contributed by atoms with E-state index in [2.05, 4.69) is 0 Å². The van der Waals surface area contributed by atoms with Crippen LogP contribution < -0.4 is 5.73 Å². The van der Waals surface area contributed by atoms with Crippen LogP contribution in [0.15, 0.2) is 18.2 Å². The van der Waals surface area contributed by atoms with Crippen molar-refractivity contribution in [2.24, 2.45) is 0 Å². The molecule has 0 heterocycles. The molecule has 1 rings (SSSR count). The summed E-state index contributed by atoms with van der Waals surface area (Å²) in [6.07, 6.45) is 1.18. The minimum absolute atomic E-state index is 0.471. The second-order valence-electron chi connectivity index (χ2n) is 1.89. The van der Waals surface area contributed by atoms with E-state index in [-0.39, 0.29) is 0 Å². The van der Waals surface area contributed by atoms with E-state index in [1.54, 1.807) is 18.2 Å². The molecule has 3 heteroatoms. The largest absolute Gasteiger partial charge is 0.397 e. The van der Waals surface area contributed by atoms with Crippen LogP contribution in [0.5, 0.6) is 0 Å². The molecule has 1 aromatic carbocycles. The summed E-state index contributed by atoms with van der Waals surface area (Å²) >= 11 is 5.66. The lowest BCUT2D eigenvalue weighted by Crippen LogP contribution is -1.92. The van der Waals surface area contributed by atoms with Gasteiger partial charge in [-0.3, -0.25) is 0 Å². The van der Waals surface area contributed by atoms with Crippen LogP contribution >= 0.6 is 11.6 Å². The van der Waals surface area contributed by atoms with Gasteiger partial charge in [-0.1, -0.05) is 23.7 Å². The zero-order chi connectivity index (χ0) is 7.56. The molecular formula is C7H7ClN2. The average molecular weight is 155 g/mol. The summed E-state index contributed by atoms with van der Waals surface area (Å²) in [5, 5.41) is 7.42. The molecule has 0 saturated carbocycles. The molecule has 52 valence electrons. The minimum atomic E-state index is 0.471. The number of halogens is 1. The lowest BCUT2D eigenvalue weighted by molar-refractivity contribution is 1.54. The molecule has 0 unspecified atom stereocenters. The van der Waals surface area contributed by atoms with E-state index in [4.69, 9.17) is 22.7 Å². The van der Waals surface area contributed by atoms with Crippen molar-refractivity contribution in [3.63, 3.8) is 0 Å². The first-order chi connectivity index (χ1) is 4.75. The van der Waals surface area contributed by atoms with E-state index >= 15 is 0 Å². The average Bonchev–Trinajstić information content (AvgIpc) is 1.95. The molecule has 0 spiro atoms. The van der Waals surface area contributed by atoms with Gasteiger partial charge in [0, 0.05) is 11.8 Å². The third-order valence-corrected chi connectivity index (χ3v) is 1.57. The highest BCUT2D eigenvalue weighted by Gasteiger charge is 1.97. The third kappa shape index (κ3) is 1.11. The number of anilines is 1. The zero-order valence-electron chi connectivity index (χ0n) is 5.26. The zero-order valence-corrected chi connectivity index (χ0v) is 6.02. The summed E-state index contributed by atoms with van der Waals surface area (Å²) in [6.45, 7) is 0. The van der Waals surface area contributed by atoms with Crippen molar-refractivity contribution in [2.45, 2.75) is 0 Å². The maximum atomic E-state index is 6.92. The van der Waals surface area contributed by atoms with E-state index in [1.165, 1.54) is 6.21 Å². The molecule has 10 heavy (non-hydrogen) atoms. The standard InChI is InChI=1S/C7H7ClN2/c8-6-3-1-2-5(4-9)7(6)10/h1-4,9H,10H2. The van der Waals surface area contributed by atoms with E-state index in [0.29, 0.717) is 16.3 Å². The van der Waals surface area contributed by atoms with Crippen LogP contribution in [0.4, 0.5) is 5.69 Å². The van der Waals surface area contributed by atoms with Gasteiger partial charge in [0.25, 0.3) is 0 Å². The number of benzene rings is 1. The summed E-state index contributed by atoms with van der Waals surface area (Å²) < 4.78 is 0. The summed E-state index contributed by atoms with van der Waals surface area (Å²) in [4.78, 5) is 0. The van der Waals surface area contributed by atoms with Gasteiger partial charge in [0.05, 0.1) is 10.7 Å². The minimum Gasteiger partial charge on any atom is -0.397 e. The molecule has 1 aromatic rings. The van der Waals surface area contributed by atoms with Crippen LogP contribution in [0.3, 0.4) is 0 Å². The Bertz CT molecular complexity index is 258. The van der Waals surface area contributed by atoms with E-state index in [1.807, 2.05) is 0 Å². The number of nitrogens with two attached hydrogens (primary N) is 1. The van der Waals surface area contributed by atoms with Crippen molar-refractivity contribution >= 4 is 23.5 Å². The molecule has 0 bridgehead atoms. The molecule has 0 saturated heterocycles. The fourth-order valence-electron chi connectivity index (χ4n) is 0.680. The smallest absolute Gasteiger partial charge is 0.0642 e. The summed E-state index contributed by atoms with van der Waals surface area (Å²) in [7, 11) is 0. The first-order valence-electron chi connectivity index (χ1n) is 2.80. The molecular weight excluding hydrogens is 148 g/mol. The van der Waals surface area contributed by atoms with Gasteiger partial charge in [0.1, 0.15) is 0 Å². The predicted octanol–water partition coefficient (Wildman–Crippen LogP) is 1.92. The second kappa shape index (κ2) is 2.71. The van der Waals surface area contributed by atoms with Gasteiger partial charge in [-0.05, 0) is 6.07 Å². The van der Waals surface area contributed by atoms with E-state index in [9.17, 15) is 0 Å². The number of nitrogens with one attached hydrogen (secondary N) is 1. The monoisotopic (exact) mass is 154 g/mol. The van der Waals surface area contributed by atoms with Crippen LogP contribution in [0.25, 0.3) is 0 Å². The highest BCUT2D eigenvalue weighted by Crippen LogP contribution is 2.20. The third-order valence-electron chi connectivity index (χ3n) is 1.24. The van der Waals surface area contributed by atoms with Crippen molar-refractivity contribution in [3.05, 3.63) is 28.8 Å². The van der Waals surface area contributed by atoms with Gasteiger partial charge >= 0.3 is 0 Å². The van der Waals surface area contributed by atoms with Crippen molar-refractivity contribution in [3.8, 4) is 0 Å². The van der Waals surface area contributed by atoms with Crippen LogP contribution in [0.1, 0.15) is 5.56 Å². The Morgan fingerprint density at radius 1 is 1.50 bits per heavy atom. The number of para-hydroxylation sites is 1. The van der Waals surface area contributed by atoms with Crippen LogP contribution in [-0.2, 0) is 0 Å². The van der Waals surface area contributed by atoms with Gasteiger partial charge in [-0.2, -0.15) is 0 Å². The normalized spacial score (nSPS) is 9.30. The number of hydrogen-bond donors (Lipinski definition) is 2. The van der Waals surface area contributed by atoms with Crippen LogP contribution in [0, 0.1) is 5.41 Å². The molecule has 0 aliphatic carbocycles. The lowest BCUT2D eigenvalue weighted by Gasteiger charge is -1.99. The second-order valence-corrected chi connectivity index (χ2v) is 2.29. The summed E-state index contributed by atoms with van der Waals surface area (Å²) in [6, 6.07) is 5.21. The summed E-state index contributed by atoms with van der Waals surface area (Å²) in [5.74, 6) is 0. The van der Waals surface area contributed by atoms with E-state index < -0.39 is 0 Å². The van der Waals surface area contributed by atoms with Gasteiger partial charge in [0.2, 0.25) is 0 Å². The van der Waals surface area contributed by atoms with Crippen molar-refractivity contribution in [1.29, 1.82) is 5.41 Å². The van der Waals surface area contributed by atoms with Crippen LogP contribution in [-0.4, -0.2) is 6.21 Å². The van der Waals surface area contributed by atoms with Crippen molar-refractivity contribution < 1.29 is 0 Å². The molecule has 0 aliphatic rings. The Labute approximate surface area is 64.1 Å². The van der Waals surface area contributed by atoms with Gasteiger partial charge < -0.3 is 11.1 Å². The molecule has 0 amide bonds. The molecule has 0 radical (unpaired) electrons.